The fourth-order valence-corrected chi connectivity index (χ4v) is 7.70. The third-order valence-corrected chi connectivity index (χ3v) is 11.0. The lowest BCUT2D eigenvalue weighted by molar-refractivity contribution is -0.160. The van der Waals surface area contributed by atoms with E-state index in [0.29, 0.717) is 36.3 Å². The number of pyridine rings is 1. The third kappa shape index (κ3) is 8.60. The summed E-state index contributed by atoms with van der Waals surface area (Å²) in [5, 5.41) is 11.1. The van der Waals surface area contributed by atoms with E-state index in [1.807, 2.05) is 24.3 Å². The lowest BCUT2D eigenvalue weighted by Crippen LogP contribution is -2.68. The molecule has 5 rings (SSSR count). The van der Waals surface area contributed by atoms with Crippen molar-refractivity contribution in [2.24, 2.45) is 5.41 Å². The number of para-hydroxylation sites is 1. The maximum Gasteiger partial charge on any atom is 0.425 e. The number of aromatic nitrogens is 1. The normalized spacial score (nSPS) is 20.3. The molecule has 1 aromatic carbocycles. The summed E-state index contributed by atoms with van der Waals surface area (Å²) >= 11 is 0.399. The summed E-state index contributed by atoms with van der Waals surface area (Å²) < 4.78 is 95.6. The Bertz CT molecular complexity index is 1790. The minimum Gasteiger partial charge on any atom is -0.512 e. The van der Waals surface area contributed by atoms with Crippen LogP contribution in [0, 0.1) is 5.41 Å². The second kappa shape index (κ2) is 15.6. The Balaban J connectivity index is 1.47. The molecular formula is C38H43F6N3O5S. The van der Waals surface area contributed by atoms with Crippen molar-refractivity contribution in [2.75, 3.05) is 26.2 Å². The zero-order valence-electron chi connectivity index (χ0n) is 29.7. The lowest BCUT2D eigenvalue weighted by atomic mass is 9.79. The van der Waals surface area contributed by atoms with Gasteiger partial charge in [-0.05, 0) is 69.2 Å². The Morgan fingerprint density at radius 2 is 1.74 bits per heavy atom. The van der Waals surface area contributed by atoms with Crippen LogP contribution in [-0.4, -0.2) is 69.6 Å². The lowest BCUT2D eigenvalue weighted by Gasteiger charge is -2.50. The highest BCUT2D eigenvalue weighted by molar-refractivity contribution is 7.10. The fourth-order valence-electron chi connectivity index (χ4n) is 7.03. The molecule has 4 heterocycles. The van der Waals surface area contributed by atoms with Gasteiger partial charge in [0.05, 0.1) is 22.8 Å². The van der Waals surface area contributed by atoms with E-state index < -0.39 is 57.4 Å². The number of amides is 2. The van der Waals surface area contributed by atoms with Crippen LogP contribution in [0.25, 0.3) is 0 Å². The molecule has 2 aliphatic rings. The van der Waals surface area contributed by atoms with Crippen LogP contribution < -0.4 is 9.47 Å². The number of likely N-dealkylation sites (tertiary alicyclic amines) is 2. The minimum absolute atomic E-state index is 0.00745. The molecule has 2 aliphatic heterocycles. The van der Waals surface area contributed by atoms with Crippen molar-refractivity contribution in [1.82, 2.24) is 14.8 Å². The molecule has 3 aromatic rings. The van der Waals surface area contributed by atoms with Gasteiger partial charge in [0.2, 0.25) is 5.60 Å². The van der Waals surface area contributed by atoms with Gasteiger partial charge in [0.25, 0.3) is 11.8 Å². The van der Waals surface area contributed by atoms with Crippen molar-refractivity contribution >= 4 is 23.2 Å². The second-order valence-electron chi connectivity index (χ2n) is 14.2. The number of benzene rings is 1. The van der Waals surface area contributed by atoms with Crippen LogP contribution in [0.15, 0.2) is 66.4 Å². The number of aliphatic hydroxyl groups excluding tert-OH is 1. The van der Waals surface area contributed by atoms with E-state index in [1.165, 1.54) is 4.90 Å². The van der Waals surface area contributed by atoms with Crippen LogP contribution in [0.2, 0.25) is 0 Å². The summed E-state index contributed by atoms with van der Waals surface area (Å²) in [6.07, 6.45) is -6.81. The molecule has 8 nitrogen and oxygen atoms in total. The largest absolute Gasteiger partial charge is 0.512 e. The average Bonchev–Trinajstić information content (AvgIpc) is 3.60. The monoisotopic (exact) mass is 767 g/mol. The first-order chi connectivity index (χ1) is 24.9. The van der Waals surface area contributed by atoms with Crippen molar-refractivity contribution in [1.29, 1.82) is 0 Å². The van der Waals surface area contributed by atoms with Crippen LogP contribution in [0.1, 0.15) is 91.7 Å². The van der Waals surface area contributed by atoms with E-state index in [4.69, 9.17) is 9.47 Å². The number of alkyl halides is 6. The highest BCUT2D eigenvalue weighted by Crippen LogP contribution is 2.44. The topological polar surface area (TPSA) is 92.2 Å². The highest BCUT2D eigenvalue weighted by atomic mass is 32.1. The number of piperidine rings is 2. The SMILES string of the molecule is C=C(O)C(C)(C)COc1ccccc1C1CCN(C(=O)[C@]2(Oc3csc(C(F)(F)F)c3)CCCN(C(=O)c3ncccc3C(F)(F)F)[C@@H]2CCC)CC1. The van der Waals surface area contributed by atoms with Gasteiger partial charge >= 0.3 is 12.4 Å². The van der Waals surface area contributed by atoms with Crippen LogP contribution in [0.4, 0.5) is 26.3 Å². The maximum absolute atomic E-state index is 14.9. The number of thiophene rings is 1. The van der Waals surface area contributed by atoms with Gasteiger partial charge in [-0.15, -0.1) is 11.3 Å². The quantitative estimate of drug-likeness (QED) is 0.155. The summed E-state index contributed by atoms with van der Waals surface area (Å²) in [5.74, 6) is -1.21. The van der Waals surface area contributed by atoms with E-state index in [2.05, 4.69) is 11.6 Å². The number of carbonyl (C=O) groups is 2. The molecule has 0 spiro atoms. The Morgan fingerprint density at radius 3 is 2.36 bits per heavy atom. The van der Waals surface area contributed by atoms with Gasteiger partial charge in [-0.3, -0.25) is 14.6 Å². The smallest absolute Gasteiger partial charge is 0.425 e. The van der Waals surface area contributed by atoms with E-state index in [-0.39, 0.29) is 62.9 Å². The van der Waals surface area contributed by atoms with E-state index >= 15 is 0 Å². The summed E-state index contributed by atoms with van der Waals surface area (Å²) in [7, 11) is 0. The molecule has 2 atom stereocenters. The number of halogens is 6. The van der Waals surface area contributed by atoms with Crippen LogP contribution >= 0.6 is 11.3 Å². The first-order valence-corrected chi connectivity index (χ1v) is 18.3. The molecule has 53 heavy (non-hydrogen) atoms. The molecule has 15 heteroatoms. The molecule has 2 amide bonds. The predicted octanol–water partition coefficient (Wildman–Crippen LogP) is 9.29. The van der Waals surface area contributed by atoms with Crippen molar-refractivity contribution in [2.45, 2.75) is 89.2 Å². The number of rotatable bonds is 11. The van der Waals surface area contributed by atoms with Gasteiger partial charge in [0.15, 0.2) is 0 Å². The first-order valence-electron chi connectivity index (χ1n) is 17.5. The van der Waals surface area contributed by atoms with Gasteiger partial charge < -0.3 is 24.4 Å². The number of nitrogens with zero attached hydrogens (tertiary/aromatic N) is 3. The summed E-state index contributed by atoms with van der Waals surface area (Å²) in [6, 6.07) is 9.00. The Labute approximate surface area is 308 Å². The van der Waals surface area contributed by atoms with Crippen LogP contribution in [-0.2, 0) is 17.1 Å². The zero-order chi connectivity index (χ0) is 38.8. The molecule has 2 aromatic heterocycles. The highest BCUT2D eigenvalue weighted by Gasteiger charge is 2.56. The molecular weight excluding hydrogens is 724 g/mol. The van der Waals surface area contributed by atoms with Gasteiger partial charge in [-0.1, -0.05) is 38.1 Å². The van der Waals surface area contributed by atoms with Gasteiger partial charge in [0.1, 0.15) is 28.7 Å². The Kier molecular flexibility index (Phi) is 11.8. The van der Waals surface area contributed by atoms with E-state index in [0.717, 1.165) is 35.3 Å². The number of carbonyl (C=O) groups excluding carboxylic acids is 2. The van der Waals surface area contributed by atoms with Crippen molar-refractivity contribution in [3.8, 4) is 11.5 Å². The maximum atomic E-state index is 14.9. The molecule has 0 aliphatic carbocycles. The second-order valence-corrected chi connectivity index (χ2v) is 15.1. The average molecular weight is 768 g/mol. The van der Waals surface area contributed by atoms with Crippen LogP contribution in [0.3, 0.4) is 0 Å². The number of hydrogen-bond donors (Lipinski definition) is 1. The molecule has 0 radical (unpaired) electrons. The molecule has 0 saturated carbocycles. The number of ether oxygens (including phenoxy) is 2. The van der Waals surface area contributed by atoms with Crippen molar-refractivity contribution in [3.63, 3.8) is 0 Å². The molecule has 0 unspecified atom stereocenters. The molecule has 2 fully saturated rings. The Morgan fingerprint density at radius 1 is 1.04 bits per heavy atom. The summed E-state index contributed by atoms with van der Waals surface area (Å²) in [6.45, 7) is 9.66. The Hall–Kier alpha value is -4.27. The first kappa shape index (κ1) is 39.9. The zero-order valence-corrected chi connectivity index (χ0v) is 30.5. The van der Waals surface area contributed by atoms with Crippen LogP contribution in [0.5, 0.6) is 11.5 Å². The van der Waals surface area contributed by atoms with Gasteiger partial charge in [0, 0.05) is 43.7 Å². The predicted molar refractivity (Wildman–Crippen MR) is 187 cm³/mol. The summed E-state index contributed by atoms with van der Waals surface area (Å²) in [5.41, 5.74) is -3.74. The standard InChI is InChI=1S/C38H43F6N3O5S/c1-5-10-30-36(52-26-21-31(53-22-26)38(42,43)44,16-9-18-47(30)33(49)32-28(37(39,40)41)12-8-17-45-32)34(50)46-19-14-25(15-20-46)27-11-6-7-13-29(27)51-23-35(3,4)24(2)48/h6-8,11-13,17,21-22,25,30,48H,2,5,9-10,14-16,18-20,23H2,1,3-4H3/t30-,36+/m1/s1. The fraction of sp³-hybridized carbons (Fsp3) is 0.500. The third-order valence-electron chi connectivity index (χ3n) is 10.0. The molecule has 0 bridgehead atoms. The number of aliphatic hydroxyl groups is 1. The van der Waals surface area contributed by atoms with E-state index in [9.17, 15) is 41.0 Å². The van der Waals surface area contributed by atoms with Crippen molar-refractivity contribution in [3.05, 3.63) is 88.1 Å². The summed E-state index contributed by atoms with van der Waals surface area (Å²) in [4.78, 5) is 34.5. The number of hydrogen-bond acceptors (Lipinski definition) is 7. The molecule has 1 N–H and O–H groups in total. The van der Waals surface area contributed by atoms with Gasteiger partial charge in [-0.25, -0.2) is 0 Å². The minimum atomic E-state index is -4.89. The molecule has 2 saturated heterocycles. The van der Waals surface area contributed by atoms with Crippen molar-refractivity contribution < 1.29 is 50.5 Å². The molecule has 288 valence electrons. The van der Waals surface area contributed by atoms with Gasteiger partial charge in [-0.2, -0.15) is 26.3 Å². The van der Waals surface area contributed by atoms with E-state index in [1.54, 1.807) is 25.7 Å².